The molecule has 0 aliphatic rings. The molecule has 0 amide bonds. The second-order valence-corrected chi connectivity index (χ2v) is 4.44. The molecule has 2 rings (SSSR count). The molecule has 0 spiro atoms. The van der Waals surface area contributed by atoms with Gasteiger partial charge in [-0.05, 0) is 18.6 Å². The van der Waals surface area contributed by atoms with Gasteiger partial charge in [0.25, 0.3) is 0 Å². The van der Waals surface area contributed by atoms with Gasteiger partial charge in [0.2, 0.25) is 0 Å². The van der Waals surface area contributed by atoms with Crippen molar-refractivity contribution < 1.29 is 5.11 Å². The number of hydrogen-bond acceptors (Lipinski definition) is 2. The van der Waals surface area contributed by atoms with E-state index < -0.39 is 0 Å². The fraction of sp³-hybridized carbons (Fsp3) is 0.250. The van der Waals surface area contributed by atoms with Crippen LogP contribution in [0, 0.1) is 0 Å². The zero-order valence-electron chi connectivity index (χ0n) is 9.00. The summed E-state index contributed by atoms with van der Waals surface area (Å²) in [7, 11) is 0. The minimum Gasteiger partial charge on any atom is -0.388 e. The number of aryl methyl sites for hydroxylation is 1. The lowest BCUT2D eigenvalue weighted by molar-refractivity contribution is 0.272. The lowest BCUT2D eigenvalue weighted by Crippen LogP contribution is -1.85. The molecule has 4 heteroatoms. The van der Waals surface area contributed by atoms with Crippen molar-refractivity contribution in [3.8, 4) is 11.3 Å². The zero-order valence-corrected chi connectivity index (χ0v) is 10.6. The van der Waals surface area contributed by atoms with Crippen molar-refractivity contribution in [2.24, 2.45) is 0 Å². The SMILES string of the molecule is CCc1[nH]c(CO)nc1-c1ccc(Br)cc1. The minimum atomic E-state index is -0.0521. The molecule has 0 saturated heterocycles. The number of nitrogens with one attached hydrogen (secondary N) is 1. The summed E-state index contributed by atoms with van der Waals surface area (Å²) in [5.74, 6) is 0.620. The summed E-state index contributed by atoms with van der Waals surface area (Å²) in [6.45, 7) is 2.01. The van der Waals surface area contributed by atoms with E-state index in [0.717, 1.165) is 27.8 Å². The summed E-state index contributed by atoms with van der Waals surface area (Å²) >= 11 is 3.40. The van der Waals surface area contributed by atoms with Crippen LogP contribution in [0.25, 0.3) is 11.3 Å². The molecule has 0 fully saturated rings. The number of aliphatic hydroxyl groups is 1. The Morgan fingerprint density at radius 2 is 2.00 bits per heavy atom. The molecular formula is C12H13BrN2O. The van der Waals surface area contributed by atoms with Gasteiger partial charge in [-0.15, -0.1) is 0 Å². The van der Waals surface area contributed by atoms with E-state index in [1.807, 2.05) is 24.3 Å². The Morgan fingerprint density at radius 3 is 2.56 bits per heavy atom. The van der Waals surface area contributed by atoms with Crippen molar-refractivity contribution in [2.75, 3.05) is 0 Å². The summed E-state index contributed by atoms with van der Waals surface area (Å²) in [6, 6.07) is 8.01. The van der Waals surface area contributed by atoms with E-state index in [0.29, 0.717) is 5.82 Å². The number of nitrogens with zero attached hydrogens (tertiary/aromatic N) is 1. The van der Waals surface area contributed by atoms with Gasteiger partial charge in [-0.1, -0.05) is 35.0 Å². The molecule has 2 aromatic rings. The highest BCUT2D eigenvalue weighted by atomic mass is 79.9. The molecular weight excluding hydrogens is 268 g/mol. The topological polar surface area (TPSA) is 48.9 Å². The van der Waals surface area contributed by atoms with E-state index in [4.69, 9.17) is 5.11 Å². The molecule has 3 nitrogen and oxygen atoms in total. The quantitative estimate of drug-likeness (QED) is 0.908. The van der Waals surface area contributed by atoms with E-state index in [1.165, 1.54) is 0 Å². The van der Waals surface area contributed by atoms with Crippen LogP contribution in [-0.4, -0.2) is 15.1 Å². The Kier molecular flexibility index (Phi) is 3.41. The Morgan fingerprint density at radius 1 is 1.31 bits per heavy atom. The van der Waals surface area contributed by atoms with Crippen LogP contribution in [0.2, 0.25) is 0 Å². The summed E-state index contributed by atoms with van der Waals surface area (Å²) in [5, 5.41) is 9.06. The number of aromatic amines is 1. The summed E-state index contributed by atoms with van der Waals surface area (Å²) in [4.78, 5) is 7.50. The van der Waals surface area contributed by atoms with Crippen molar-refractivity contribution in [3.63, 3.8) is 0 Å². The van der Waals surface area contributed by atoms with Crippen LogP contribution in [0.4, 0.5) is 0 Å². The highest BCUT2D eigenvalue weighted by molar-refractivity contribution is 9.10. The molecule has 2 N–H and O–H groups in total. The standard InChI is InChI=1S/C12H13BrN2O/c1-2-10-12(15-11(7-16)14-10)8-3-5-9(13)6-4-8/h3-6,16H,2,7H2,1H3,(H,14,15). The largest absolute Gasteiger partial charge is 0.388 e. The van der Waals surface area contributed by atoms with Gasteiger partial charge in [0.15, 0.2) is 0 Å². The molecule has 16 heavy (non-hydrogen) atoms. The maximum atomic E-state index is 9.06. The van der Waals surface area contributed by atoms with Crippen LogP contribution in [0.15, 0.2) is 28.7 Å². The lowest BCUT2D eigenvalue weighted by atomic mass is 10.1. The number of aromatic nitrogens is 2. The van der Waals surface area contributed by atoms with Crippen molar-refractivity contribution in [1.82, 2.24) is 9.97 Å². The smallest absolute Gasteiger partial charge is 0.132 e. The lowest BCUT2D eigenvalue weighted by Gasteiger charge is -2.00. The third kappa shape index (κ3) is 2.18. The van der Waals surface area contributed by atoms with E-state index >= 15 is 0 Å². The molecule has 0 unspecified atom stereocenters. The number of halogens is 1. The van der Waals surface area contributed by atoms with Gasteiger partial charge < -0.3 is 10.1 Å². The van der Waals surface area contributed by atoms with Crippen LogP contribution in [-0.2, 0) is 13.0 Å². The van der Waals surface area contributed by atoms with Crippen molar-refractivity contribution in [3.05, 3.63) is 40.3 Å². The van der Waals surface area contributed by atoms with Crippen LogP contribution < -0.4 is 0 Å². The van der Waals surface area contributed by atoms with Gasteiger partial charge in [-0.2, -0.15) is 0 Å². The predicted molar refractivity (Wildman–Crippen MR) is 67.0 cm³/mol. The van der Waals surface area contributed by atoms with E-state index in [2.05, 4.69) is 32.8 Å². The number of hydrogen-bond donors (Lipinski definition) is 2. The minimum absolute atomic E-state index is 0.0521. The monoisotopic (exact) mass is 280 g/mol. The molecule has 0 bridgehead atoms. The molecule has 1 heterocycles. The maximum absolute atomic E-state index is 9.06. The third-order valence-electron chi connectivity index (χ3n) is 2.45. The Balaban J connectivity index is 2.45. The van der Waals surface area contributed by atoms with Gasteiger partial charge in [0.1, 0.15) is 12.4 Å². The maximum Gasteiger partial charge on any atom is 0.132 e. The summed E-state index contributed by atoms with van der Waals surface area (Å²) in [6.07, 6.45) is 0.873. The molecule has 84 valence electrons. The van der Waals surface area contributed by atoms with Crippen molar-refractivity contribution in [2.45, 2.75) is 20.0 Å². The van der Waals surface area contributed by atoms with Gasteiger partial charge >= 0.3 is 0 Å². The Bertz CT molecular complexity index is 476. The fourth-order valence-corrected chi connectivity index (χ4v) is 1.91. The summed E-state index contributed by atoms with van der Waals surface area (Å²) < 4.78 is 1.05. The Hall–Kier alpha value is -1.13. The first-order valence-corrected chi connectivity index (χ1v) is 5.98. The van der Waals surface area contributed by atoms with Crippen molar-refractivity contribution >= 4 is 15.9 Å². The average Bonchev–Trinajstić information content (AvgIpc) is 2.73. The Labute approximate surface area is 103 Å². The van der Waals surface area contributed by atoms with Crippen molar-refractivity contribution in [1.29, 1.82) is 0 Å². The number of benzene rings is 1. The summed E-state index contributed by atoms with van der Waals surface area (Å²) in [5.41, 5.74) is 3.06. The highest BCUT2D eigenvalue weighted by Crippen LogP contribution is 2.23. The van der Waals surface area contributed by atoms with Gasteiger partial charge in [0, 0.05) is 15.7 Å². The number of aliphatic hydroxyl groups excluding tert-OH is 1. The molecule has 0 saturated carbocycles. The molecule has 1 aromatic heterocycles. The molecule has 0 aliphatic heterocycles. The van der Waals surface area contributed by atoms with Crippen LogP contribution in [0.5, 0.6) is 0 Å². The molecule has 0 atom stereocenters. The number of rotatable bonds is 3. The molecule has 0 radical (unpaired) electrons. The normalized spacial score (nSPS) is 10.7. The van der Waals surface area contributed by atoms with Crippen LogP contribution in [0.3, 0.4) is 0 Å². The third-order valence-corrected chi connectivity index (χ3v) is 2.98. The van der Waals surface area contributed by atoms with Crippen LogP contribution >= 0.6 is 15.9 Å². The first kappa shape index (κ1) is 11.4. The fourth-order valence-electron chi connectivity index (χ4n) is 1.64. The first-order chi connectivity index (χ1) is 7.74. The first-order valence-electron chi connectivity index (χ1n) is 5.19. The predicted octanol–water partition coefficient (Wildman–Crippen LogP) is 2.89. The second kappa shape index (κ2) is 4.80. The second-order valence-electron chi connectivity index (χ2n) is 3.53. The van der Waals surface area contributed by atoms with Gasteiger partial charge in [0.05, 0.1) is 5.69 Å². The number of imidazole rings is 1. The van der Waals surface area contributed by atoms with E-state index in [-0.39, 0.29) is 6.61 Å². The highest BCUT2D eigenvalue weighted by Gasteiger charge is 2.09. The van der Waals surface area contributed by atoms with Crippen LogP contribution in [0.1, 0.15) is 18.4 Å². The number of H-pyrrole nitrogens is 1. The van der Waals surface area contributed by atoms with E-state index in [1.54, 1.807) is 0 Å². The van der Waals surface area contributed by atoms with Gasteiger partial charge in [-0.3, -0.25) is 0 Å². The average molecular weight is 281 g/mol. The zero-order chi connectivity index (χ0) is 11.5. The molecule has 1 aromatic carbocycles. The van der Waals surface area contributed by atoms with Gasteiger partial charge in [-0.25, -0.2) is 4.98 Å². The van der Waals surface area contributed by atoms with E-state index in [9.17, 15) is 0 Å². The molecule has 0 aliphatic carbocycles.